The average Bonchev–Trinajstić information content (AvgIpc) is 3.09. The molecule has 2 aromatic heterocycles. The molecule has 0 radical (unpaired) electrons. The van der Waals surface area contributed by atoms with Crippen LogP contribution in [-0.4, -0.2) is 40.7 Å². The third-order valence-corrected chi connectivity index (χ3v) is 7.01. The minimum Gasteiger partial charge on any atom is -0.318 e. The lowest BCUT2D eigenvalue weighted by molar-refractivity contribution is 0.241. The number of sulfone groups is 1. The molecule has 0 saturated heterocycles. The van der Waals surface area contributed by atoms with Gasteiger partial charge >= 0.3 is 0 Å². The molecule has 0 fully saturated rings. The van der Waals surface area contributed by atoms with Crippen LogP contribution in [0.15, 0.2) is 35.7 Å². The van der Waals surface area contributed by atoms with Crippen LogP contribution in [0.3, 0.4) is 0 Å². The van der Waals surface area contributed by atoms with Gasteiger partial charge in [0.25, 0.3) is 0 Å². The van der Waals surface area contributed by atoms with Gasteiger partial charge in [-0.2, -0.15) is 0 Å². The number of pyridine rings is 1. The van der Waals surface area contributed by atoms with Crippen molar-refractivity contribution < 1.29 is 8.42 Å². The molecular formula is C22H36N4O2S. The summed E-state index contributed by atoms with van der Waals surface area (Å²) >= 11 is 0. The van der Waals surface area contributed by atoms with E-state index >= 15 is 0 Å². The first-order valence-electron chi connectivity index (χ1n) is 10.6. The third kappa shape index (κ3) is 6.64. The fourth-order valence-corrected chi connectivity index (χ4v) is 4.82. The lowest BCUT2D eigenvalue weighted by Crippen LogP contribution is -2.25. The molecule has 2 heterocycles. The van der Waals surface area contributed by atoms with Gasteiger partial charge in [-0.1, -0.05) is 33.3 Å². The van der Waals surface area contributed by atoms with E-state index in [1.807, 2.05) is 29.8 Å². The number of aromatic nitrogens is 3. The van der Waals surface area contributed by atoms with Crippen LogP contribution >= 0.6 is 0 Å². The first-order valence-corrected chi connectivity index (χ1v) is 12.3. The van der Waals surface area contributed by atoms with Crippen molar-refractivity contribution in [3.8, 4) is 0 Å². The zero-order valence-electron chi connectivity index (χ0n) is 18.5. The number of unbranched alkanes of at least 4 members (excludes halogenated alkanes) is 1. The molecule has 162 valence electrons. The third-order valence-electron chi connectivity index (χ3n) is 5.30. The van der Waals surface area contributed by atoms with Crippen molar-refractivity contribution in [1.82, 2.24) is 19.4 Å². The summed E-state index contributed by atoms with van der Waals surface area (Å²) in [6, 6.07) is 6.03. The van der Waals surface area contributed by atoms with E-state index < -0.39 is 9.84 Å². The SMILES string of the molecule is CCCCn1c(CN(C)[C@H](C)c2ccccn2)cnc1S(=O)(=O)CCCC(C)C. The molecule has 0 unspecified atom stereocenters. The lowest BCUT2D eigenvalue weighted by atomic mass is 10.1. The number of hydrogen-bond acceptors (Lipinski definition) is 5. The first-order chi connectivity index (χ1) is 13.8. The van der Waals surface area contributed by atoms with Crippen molar-refractivity contribution in [3.05, 3.63) is 42.0 Å². The Bertz CT molecular complexity index is 847. The molecule has 2 rings (SSSR count). The van der Waals surface area contributed by atoms with E-state index in [9.17, 15) is 8.42 Å². The zero-order chi connectivity index (χ0) is 21.4. The average molecular weight is 421 g/mol. The Morgan fingerprint density at radius 1 is 1.14 bits per heavy atom. The van der Waals surface area contributed by atoms with Crippen molar-refractivity contribution in [2.24, 2.45) is 5.92 Å². The van der Waals surface area contributed by atoms with E-state index in [1.165, 1.54) is 0 Å². The van der Waals surface area contributed by atoms with E-state index in [0.29, 0.717) is 25.4 Å². The van der Waals surface area contributed by atoms with E-state index in [-0.39, 0.29) is 17.0 Å². The molecule has 0 saturated carbocycles. The van der Waals surface area contributed by atoms with Crippen LogP contribution in [0.4, 0.5) is 0 Å². The smallest absolute Gasteiger partial charge is 0.227 e. The summed E-state index contributed by atoms with van der Waals surface area (Å²) in [4.78, 5) is 11.0. The Morgan fingerprint density at radius 2 is 1.90 bits per heavy atom. The van der Waals surface area contributed by atoms with E-state index in [2.05, 4.69) is 42.6 Å². The van der Waals surface area contributed by atoms with Crippen LogP contribution in [0.1, 0.15) is 70.8 Å². The molecule has 0 aliphatic heterocycles. The Morgan fingerprint density at radius 3 is 2.52 bits per heavy atom. The number of hydrogen-bond donors (Lipinski definition) is 0. The summed E-state index contributed by atoms with van der Waals surface area (Å²) in [5.41, 5.74) is 1.93. The molecule has 2 aromatic rings. The predicted octanol–water partition coefficient (Wildman–Crippen LogP) is 4.48. The van der Waals surface area contributed by atoms with Crippen LogP contribution in [0, 0.1) is 5.92 Å². The molecule has 29 heavy (non-hydrogen) atoms. The zero-order valence-corrected chi connectivity index (χ0v) is 19.3. The quantitative estimate of drug-likeness (QED) is 0.506. The molecule has 0 aliphatic carbocycles. The number of nitrogens with zero attached hydrogens (tertiary/aromatic N) is 4. The van der Waals surface area contributed by atoms with Crippen LogP contribution in [0.2, 0.25) is 0 Å². The summed E-state index contributed by atoms with van der Waals surface area (Å²) in [6.07, 6.45) is 7.04. The second-order valence-electron chi connectivity index (χ2n) is 8.24. The topological polar surface area (TPSA) is 68.1 Å². The van der Waals surface area contributed by atoms with Gasteiger partial charge in [0, 0.05) is 25.3 Å². The molecular weight excluding hydrogens is 384 g/mol. The maximum Gasteiger partial charge on any atom is 0.227 e. The van der Waals surface area contributed by atoms with Crippen molar-refractivity contribution in [2.75, 3.05) is 12.8 Å². The number of rotatable bonds is 12. The second-order valence-corrected chi connectivity index (χ2v) is 10.2. The largest absolute Gasteiger partial charge is 0.318 e. The van der Waals surface area contributed by atoms with Crippen molar-refractivity contribution in [2.45, 2.75) is 77.7 Å². The number of imidazole rings is 1. The highest BCUT2D eigenvalue weighted by molar-refractivity contribution is 7.91. The molecule has 0 amide bonds. The highest BCUT2D eigenvalue weighted by atomic mass is 32.2. The Kier molecular flexibility index (Phi) is 8.83. The predicted molar refractivity (Wildman–Crippen MR) is 117 cm³/mol. The molecule has 0 N–H and O–H groups in total. The van der Waals surface area contributed by atoms with Gasteiger partial charge < -0.3 is 4.57 Å². The van der Waals surface area contributed by atoms with Crippen molar-refractivity contribution in [1.29, 1.82) is 0 Å². The molecule has 0 bridgehead atoms. The standard InChI is InChI=1S/C22H36N4O2S/c1-6-7-14-26-20(17-25(5)19(4)21-12-8-9-13-23-21)16-24-22(26)29(27,28)15-10-11-18(2)3/h8-9,12-13,16,18-19H,6-7,10-11,14-15,17H2,1-5H3/t19-/m1/s1. The highest BCUT2D eigenvalue weighted by Gasteiger charge is 2.24. The molecule has 7 heteroatoms. The van der Waals surface area contributed by atoms with Crippen LogP contribution in [0.25, 0.3) is 0 Å². The molecule has 0 spiro atoms. The lowest BCUT2D eigenvalue weighted by Gasteiger charge is -2.25. The maximum absolute atomic E-state index is 12.9. The van der Waals surface area contributed by atoms with Gasteiger partial charge in [-0.3, -0.25) is 9.88 Å². The van der Waals surface area contributed by atoms with Gasteiger partial charge in [0.1, 0.15) is 0 Å². The van der Waals surface area contributed by atoms with Crippen LogP contribution in [-0.2, 0) is 22.9 Å². The van der Waals surface area contributed by atoms with Gasteiger partial charge in [0.15, 0.2) is 0 Å². The summed E-state index contributed by atoms with van der Waals surface area (Å²) < 4.78 is 27.8. The van der Waals surface area contributed by atoms with Gasteiger partial charge in [-0.15, -0.1) is 0 Å². The van der Waals surface area contributed by atoms with Gasteiger partial charge in [0.2, 0.25) is 15.0 Å². The Labute approximate surface area is 176 Å². The fourth-order valence-electron chi connectivity index (χ4n) is 3.34. The Hall–Kier alpha value is -1.73. The van der Waals surface area contributed by atoms with E-state index in [4.69, 9.17) is 0 Å². The monoisotopic (exact) mass is 420 g/mol. The minimum absolute atomic E-state index is 0.122. The fraction of sp³-hybridized carbons (Fsp3) is 0.636. The van der Waals surface area contributed by atoms with Crippen molar-refractivity contribution >= 4 is 9.84 Å². The summed E-state index contributed by atoms with van der Waals surface area (Å²) in [7, 11) is -1.35. The van der Waals surface area contributed by atoms with Crippen LogP contribution < -0.4 is 0 Å². The molecule has 0 aromatic carbocycles. The van der Waals surface area contributed by atoms with Crippen molar-refractivity contribution in [3.63, 3.8) is 0 Å². The minimum atomic E-state index is -3.38. The summed E-state index contributed by atoms with van der Waals surface area (Å²) in [5.74, 6) is 0.663. The highest BCUT2D eigenvalue weighted by Crippen LogP contribution is 2.22. The van der Waals surface area contributed by atoms with Gasteiger partial charge in [-0.05, 0) is 51.3 Å². The molecule has 0 aliphatic rings. The first kappa shape index (κ1) is 23.5. The van der Waals surface area contributed by atoms with Gasteiger partial charge in [0.05, 0.1) is 23.3 Å². The van der Waals surface area contributed by atoms with Crippen LogP contribution in [0.5, 0.6) is 0 Å². The summed E-state index contributed by atoms with van der Waals surface area (Å²) in [5, 5.41) is 0.226. The maximum atomic E-state index is 12.9. The molecule has 6 nitrogen and oxygen atoms in total. The van der Waals surface area contributed by atoms with E-state index in [0.717, 1.165) is 30.7 Å². The molecule has 1 atom stereocenters. The second kappa shape index (κ2) is 10.9. The normalized spacial score (nSPS) is 13.3. The van der Waals surface area contributed by atoms with Gasteiger partial charge in [-0.25, -0.2) is 13.4 Å². The Balaban J connectivity index is 2.21. The summed E-state index contributed by atoms with van der Waals surface area (Å²) in [6.45, 7) is 9.75. The van der Waals surface area contributed by atoms with E-state index in [1.54, 1.807) is 12.4 Å².